The number of halogens is 3. The van der Waals surface area contributed by atoms with Crippen LogP contribution in [0.5, 0.6) is 0 Å². The second-order valence-corrected chi connectivity index (χ2v) is 13.0. The second kappa shape index (κ2) is 10.9. The van der Waals surface area contributed by atoms with Crippen molar-refractivity contribution in [3.05, 3.63) is 71.1 Å². The first-order valence-corrected chi connectivity index (χ1v) is 14.4. The van der Waals surface area contributed by atoms with Crippen LogP contribution in [0.3, 0.4) is 0 Å². The van der Waals surface area contributed by atoms with Gasteiger partial charge in [0, 0.05) is 23.7 Å². The van der Waals surface area contributed by atoms with E-state index in [0.29, 0.717) is 41.1 Å². The molecule has 2 aromatic heterocycles. The fraction of sp³-hybridized carbons (Fsp3) is 0.296. The van der Waals surface area contributed by atoms with E-state index in [1.165, 1.54) is 29.5 Å². The number of benzene rings is 2. The molecule has 0 aliphatic rings. The fourth-order valence-electron chi connectivity index (χ4n) is 3.54. The molecule has 0 amide bonds. The molecule has 2 heterocycles. The number of nitrogens with one attached hydrogen (secondary N) is 2. The van der Waals surface area contributed by atoms with Gasteiger partial charge in [-0.25, -0.2) is 36.5 Å². The van der Waals surface area contributed by atoms with Gasteiger partial charge >= 0.3 is 0 Å². The number of rotatable bonds is 8. The number of hydrogen-bond donors (Lipinski definition) is 2. The highest BCUT2D eigenvalue weighted by Gasteiger charge is 2.27. The van der Waals surface area contributed by atoms with Crippen molar-refractivity contribution >= 4 is 33.0 Å². The van der Waals surface area contributed by atoms with E-state index >= 15 is 4.39 Å². The van der Waals surface area contributed by atoms with Gasteiger partial charge in [-0.1, -0.05) is 40.7 Å². The monoisotopic (exact) mass is 575 g/mol. The Bertz CT molecular complexity index is 1620. The van der Waals surface area contributed by atoms with Gasteiger partial charge < -0.3 is 5.32 Å². The molecule has 0 bridgehead atoms. The van der Waals surface area contributed by atoms with Crippen LogP contribution in [0, 0.1) is 23.4 Å². The van der Waals surface area contributed by atoms with Gasteiger partial charge in [0.2, 0.25) is 5.95 Å². The molecule has 39 heavy (non-hydrogen) atoms. The van der Waals surface area contributed by atoms with Crippen molar-refractivity contribution in [3.8, 4) is 21.8 Å². The maximum atomic E-state index is 15.9. The Balaban J connectivity index is 1.81. The normalized spacial score (nSPS) is 12.1. The van der Waals surface area contributed by atoms with E-state index in [4.69, 9.17) is 4.98 Å². The van der Waals surface area contributed by atoms with E-state index in [1.54, 1.807) is 12.3 Å². The predicted molar refractivity (Wildman–Crippen MR) is 148 cm³/mol. The zero-order valence-corrected chi connectivity index (χ0v) is 23.6. The highest BCUT2D eigenvalue weighted by Crippen LogP contribution is 2.42. The molecule has 0 aliphatic heterocycles. The topological polar surface area (TPSA) is 96.9 Å². The molecular formula is C27H28F3N5O2S2. The first-order chi connectivity index (χ1) is 18.3. The van der Waals surface area contributed by atoms with Crippen LogP contribution in [0.15, 0.2) is 53.6 Å². The summed E-state index contributed by atoms with van der Waals surface area (Å²) in [6.45, 7) is 10.7. The lowest BCUT2D eigenvalue weighted by Crippen LogP contribution is -2.16. The predicted octanol–water partition coefficient (Wildman–Crippen LogP) is 6.85. The van der Waals surface area contributed by atoms with Gasteiger partial charge in [-0.2, -0.15) is 0 Å². The minimum absolute atomic E-state index is 0.0203. The lowest BCUT2D eigenvalue weighted by atomic mass is 9.98. The molecule has 206 valence electrons. The molecule has 0 fully saturated rings. The summed E-state index contributed by atoms with van der Waals surface area (Å²) in [6, 6.07) is 7.84. The smallest absolute Gasteiger partial charge is 0.265 e. The van der Waals surface area contributed by atoms with Crippen molar-refractivity contribution in [2.75, 3.05) is 16.6 Å². The van der Waals surface area contributed by atoms with Gasteiger partial charge in [0.05, 0.1) is 27.0 Å². The Labute approximate surface area is 229 Å². The lowest BCUT2D eigenvalue weighted by Gasteiger charge is -2.14. The van der Waals surface area contributed by atoms with Crippen LogP contribution in [0.4, 0.5) is 24.8 Å². The third-order valence-corrected chi connectivity index (χ3v) is 8.39. The number of thiazole rings is 1. The number of hydrogen-bond acceptors (Lipinski definition) is 7. The van der Waals surface area contributed by atoms with E-state index in [1.807, 2.05) is 25.5 Å². The van der Waals surface area contributed by atoms with E-state index < -0.39 is 38.1 Å². The summed E-state index contributed by atoms with van der Waals surface area (Å²) in [5.74, 6) is -2.25. The molecular weight excluding hydrogens is 547 g/mol. The molecule has 0 unspecified atom stereocenters. The second-order valence-electron chi connectivity index (χ2n) is 10.3. The quantitative estimate of drug-likeness (QED) is 0.239. The molecule has 2 aromatic carbocycles. The van der Waals surface area contributed by atoms with E-state index in [2.05, 4.69) is 29.1 Å². The van der Waals surface area contributed by atoms with E-state index in [9.17, 15) is 17.2 Å². The standard InChI is InChI=1S/C27H28F3N5O2S2/c1-15(2)14-32-26-31-12-11-20(33-26)24-23(34-25(38-24)27(3,4)5)17-7-6-8-19(22(17)30)35-39(36,37)21-13-16(28)9-10-18(21)29/h6-13,15,35H,14H2,1-5H3,(H,31,32,33). The van der Waals surface area contributed by atoms with Crippen molar-refractivity contribution in [1.29, 1.82) is 0 Å². The summed E-state index contributed by atoms with van der Waals surface area (Å²) in [5.41, 5.74) is 0.00956. The van der Waals surface area contributed by atoms with Crippen molar-refractivity contribution in [2.45, 2.75) is 44.9 Å². The molecule has 0 spiro atoms. The van der Waals surface area contributed by atoms with Gasteiger partial charge in [0.1, 0.15) is 16.5 Å². The van der Waals surface area contributed by atoms with Gasteiger partial charge in [-0.05, 0) is 42.3 Å². The van der Waals surface area contributed by atoms with Gasteiger partial charge in [0.15, 0.2) is 5.82 Å². The van der Waals surface area contributed by atoms with Gasteiger partial charge in [0.25, 0.3) is 10.0 Å². The summed E-state index contributed by atoms with van der Waals surface area (Å²) in [7, 11) is -4.64. The maximum absolute atomic E-state index is 15.9. The fourth-order valence-corrected chi connectivity index (χ4v) is 5.80. The van der Waals surface area contributed by atoms with Crippen LogP contribution in [0.25, 0.3) is 21.8 Å². The van der Waals surface area contributed by atoms with Crippen LogP contribution in [-0.4, -0.2) is 29.9 Å². The summed E-state index contributed by atoms with van der Waals surface area (Å²) in [6.07, 6.45) is 1.60. The largest absolute Gasteiger partial charge is 0.354 e. The van der Waals surface area contributed by atoms with Crippen molar-refractivity contribution in [1.82, 2.24) is 15.0 Å². The van der Waals surface area contributed by atoms with E-state index in [-0.39, 0.29) is 16.7 Å². The highest BCUT2D eigenvalue weighted by atomic mass is 32.2. The Morgan fingerprint density at radius 1 is 1.03 bits per heavy atom. The molecule has 0 saturated heterocycles. The van der Waals surface area contributed by atoms with Crippen LogP contribution in [0.2, 0.25) is 0 Å². The zero-order chi connectivity index (χ0) is 28.5. The number of aromatic nitrogens is 3. The van der Waals surface area contributed by atoms with Crippen LogP contribution in [0.1, 0.15) is 39.6 Å². The average Bonchev–Trinajstić information content (AvgIpc) is 3.31. The van der Waals surface area contributed by atoms with Crippen molar-refractivity contribution in [2.24, 2.45) is 5.92 Å². The number of nitrogens with zero attached hydrogens (tertiary/aromatic N) is 3. The molecule has 12 heteroatoms. The van der Waals surface area contributed by atoms with Crippen LogP contribution < -0.4 is 10.0 Å². The minimum Gasteiger partial charge on any atom is -0.354 e. The number of anilines is 2. The van der Waals surface area contributed by atoms with Gasteiger partial charge in [-0.3, -0.25) is 4.72 Å². The summed E-state index contributed by atoms with van der Waals surface area (Å²) in [5, 5.41) is 3.89. The third-order valence-electron chi connectivity index (χ3n) is 5.51. The minimum atomic E-state index is -4.64. The highest BCUT2D eigenvalue weighted by molar-refractivity contribution is 7.92. The first kappa shape index (κ1) is 28.5. The molecule has 0 radical (unpaired) electrons. The Kier molecular flexibility index (Phi) is 7.99. The summed E-state index contributed by atoms with van der Waals surface area (Å²) in [4.78, 5) is 13.2. The lowest BCUT2D eigenvalue weighted by molar-refractivity contribution is 0.555. The zero-order valence-electron chi connectivity index (χ0n) is 22.0. The molecule has 0 atom stereocenters. The molecule has 0 aliphatic carbocycles. The summed E-state index contributed by atoms with van der Waals surface area (Å²) < 4.78 is 71.4. The number of sulfonamides is 1. The Morgan fingerprint density at radius 3 is 2.46 bits per heavy atom. The molecule has 7 nitrogen and oxygen atoms in total. The molecule has 4 aromatic rings. The van der Waals surface area contributed by atoms with Crippen LogP contribution in [-0.2, 0) is 15.4 Å². The summed E-state index contributed by atoms with van der Waals surface area (Å²) >= 11 is 1.35. The average molecular weight is 576 g/mol. The van der Waals surface area contributed by atoms with Gasteiger partial charge in [-0.15, -0.1) is 11.3 Å². The molecule has 0 saturated carbocycles. The van der Waals surface area contributed by atoms with Crippen LogP contribution >= 0.6 is 11.3 Å². The molecule has 2 N–H and O–H groups in total. The Hall–Kier alpha value is -3.51. The van der Waals surface area contributed by atoms with Crippen molar-refractivity contribution in [3.63, 3.8) is 0 Å². The molecule has 4 rings (SSSR count). The first-order valence-electron chi connectivity index (χ1n) is 12.1. The SMILES string of the molecule is CC(C)CNc1nccc(-c2sc(C(C)(C)C)nc2-c2cccc(NS(=O)(=O)c3cc(F)ccc3F)c2F)n1. The van der Waals surface area contributed by atoms with E-state index in [0.717, 1.165) is 11.1 Å². The third kappa shape index (κ3) is 6.39. The Morgan fingerprint density at radius 2 is 1.77 bits per heavy atom. The van der Waals surface area contributed by atoms with Crippen molar-refractivity contribution < 1.29 is 21.6 Å². The maximum Gasteiger partial charge on any atom is 0.265 e.